The lowest BCUT2D eigenvalue weighted by Gasteiger charge is -2.42. The Balaban J connectivity index is 1.98. The Morgan fingerprint density at radius 2 is 2.20 bits per heavy atom. The fourth-order valence-corrected chi connectivity index (χ4v) is 3.62. The van der Waals surface area contributed by atoms with E-state index in [4.69, 9.17) is 4.74 Å². The predicted octanol–water partition coefficient (Wildman–Crippen LogP) is 1.78. The largest absolute Gasteiger partial charge is 0.467 e. The highest BCUT2D eigenvalue weighted by atomic mass is 16.5. The number of aromatic nitrogens is 1. The van der Waals surface area contributed by atoms with Crippen molar-refractivity contribution in [2.24, 2.45) is 0 Å². The number of fused-ring (bicyclic) bond motifs is 2. The molecule has 3 heterocycles. The van der Waals surface area contributed by atoms with Gasteiger partial charge in [0.05, 0.1) is 7.11 Å². The van der Waals surface area contributed by atoms with Crippen molar-refractivity contribution in [3.63, 3.8) is 0 Å². The van der Waals surface area contributed by atoms with Crippen molar-refractivity contribution in [1.82, 2.24) is 9.88 Å². The van der Waals surface area contributed by atoms with E-state index in [1.807, 2.05) is 0 Å². The highest BCUT2D eigenvalue weighted by Crippen LogP contribution is 2.45. The monoisotopic (exact) mass is 274 g/mol. The lowest BCUT2D eigenvalue weighted by Crippen LogP contribution is -2.58. The first kappa shape index (κ1) is 13.1. The summed E-state index contributed by atoms with van der Waals surface area (Å²) in [6.07, 6.45) is 5.78. The van der Waals surface area contributed by atoms with Crippen molar-refractivity contribution in [3.05, 3.63) is 30.1 Å². The number of carbonyl (C=O) groups excluding carboxylic acids is 2. The molecule has 0 unspecified atom stereocenters. The molecule has 2 saturated heterocycles. The van der Waals surface area contributed by atoms with E-state index >= 15 is 0 Å². The van der Waals surface area contributed by atoms with Gasteiger partial charge < -0.3 is 9.64 Å². The van der Waals surface area contributed by atoms with Crippen LogP contribution < -0.4 is 0 Å². The third-order valence-electron chi connectivity index (χ3n) is 4.51. The van der Waals surface area contributed by atoms with E-state index < -0.39 is 5.54 Å². The SMILES string of the molecule is COC(=O)[C@]12CCC[C@H](CC1)N2C(=O)c1ccccn1. The molecule has 0 aliphatic carbocycles. The summed E-state index contributed by atoms with van der Waals surface area (Å²) < 4.78 is 4.97. The Labute approximate surface area is 117 Å². The quantitative estimate of drug-likeness (QED) is 0.771. The van der Waals surface area contributed by atoms with E-state index in [0.717, 1.165) is 19.3 Å². The zero-order chi connectivity index (χ0) is 14.2. The number of rotatable bonds is 2. The van der Waals surface area contributed by atoms with E-state index in [2.05, 4.69) is 4.98 Å². The maximum atomic E-state index is 12.7. The molecule has 106 valence electrons. The minimum Gasteiger partial charge on any atom is -0.467 e. The third kappa shape index (κ3) is 1.80. The molecule has 2 fully saturated rings. The van der Waals surface area contributed by atoms with Crippen molar-refractivity contribution in [3.8, 4) is 0 Å². The molecule has 5 nitrogen and oxygen atoms in total. The molecule has 2 aliphatic rings. The molecular formula is C15H18N2O3. The van der Waals surface area contributed by atoms with Gasteiger partial charge in [-0.05, 0) is 44.2 Å². The first-order valence-electron chi connectivity index (χ1n) is 7.02. The molecule has 1 aromatic heterocycles. The average Bonchev–Trinajstić information content (AvgIpc) is 2.73. The number of nitrogens with zero attached hydrogens (tertiary/aromatic N) is 2. The lowest BCUT2D eigenvalue weighted by molar-refractivity contribution is -0.154. The summed E-state index contributed by atoms with van der Waals surface area (Å²) in [5, 5.41) is 0. The zero-order valence-corrected chi connectivity index (χ0v) is 11.5. The molecule has 3 rings (SSSR count). The smallest absolute Gasteiger partial charge is 0.331 e. The van der Waals surface area contributed by atoms with Crippen LogP contribution in [0, 0.1) is 0 Å². The average molecular weight is 274 g/mol. The molecule has 2 atom stereocenters. The van der Waals surface area contributed by atoms with Gasteiger partial charge in [0.15, 0.2) is 0 Å². The van der Waals surface area contributed by atoms with Gasteiger partial charge in [-0.15, -0.1) is 0 Å². The van der Waals surface area contributed by atoms with Crippen LogP contribution in [0.3, 0.4) is 0 Å². The molecule has 1 aromatic rings. The van der Waals surface area contributed by atoms with E-state index in [-0.39, 0.29) is 17.9 Å². The van der Waals surface area contributed by atoms with Crippen LogP contribution in [0.15, 0.2) is 24.4 Å². The summed E-state index contributed by atoms with van der Waals surface area (Å²) >= 11 is 0. The number of piperidine rings is 1. The van der Waals surface area contributed by atoms with Gasteiger partial charge in [0, 0.05) is 12.2 Å². The molecule has 20 heavy (non-hydrogen) atoms. The van der Waals surface area contributed by atoms with Gasteiger partial charge in [-0.2, -0.15) is 0 Å². The topological polar surface area (TPSA) is 59.5 Å². The maximum absolute atomic E-state index is 12.7. The Kier molecular flexibility index (Phi) is 3.20. The van der Waals surface area contributed by atoms with E-state index in [9.17, 15) is 9.59 Å². The fraction of sp³-hybridized carbons (Fsp3) is 0.533. The van der Waals surface area contributed by atoms with Gasteiger partial charge in [-0.25, -0.2) is 4.79 Å². The summed E-state index contributed by atoms with van der Waals surface area (Å²) in [4.78, 5) is 30.9. The van der Waals surface area contributed by atoms with E-state index in [1.54, 1.807) is 29.3 Å². The molecular weight excluding hydrogens is 256 g/mol. The van der Waals surface area contributed by atoms with Gasteiger partial charge in [-0.1, -0.05) is 6.07 Å². The van der Waals surface area contributed by atoms with Crippen molar-refractivity contribution in [2.75, 3.05) is 7.11 Å². The normalized spacial score (nSPS) is 28.2. The van der Waals surface area contributed by atoms with Crippen LogP contribution in [-0.4, -0.2) is 40.5 Å². The van der Waals surface area contributed by atoms with Crippen molar-refractivity contribution < 1.29 is 14.3 Å². The minimum absolute atomic E-state index is 0.136. The molecule has 0 radical (unpaired) electrons. The zero-order valence-electron chi connectivity index (χ0n) is 11.5. The first-order valence-corrected chi connectivity index (χ1v) is 7.02. The Morgan fingerprint density at radius 3 is 2.90 bits per heavy atom. The standard InChI is InChI=1S/C15H18N2O3/c1-20-14(19)15-8-4-5-11(7-9-15)17(15)13(18)12-6-2-3-10-16-12/h2-3,6,10-11H,4-5,7-9H2,1H3/t11-,15+/m1/s1. The molecule has 0 saturated carbocycles. The summed E-state index contributed by atoms with van der Waals surface area (Å²) in [6, 6.07) is 5.40. The first-order chi connectivity index (χ1) is 9.69. The Morgan fingerprint density at radius 1 is 1.35 bits per heavy atom. The summed E-state index contributed by atoms with van der Waals surface area (Å²) in [6.45, 7) is 0. The number of amides is 1. The van der Waals surface area contributed by atoms with Crippen molar-refractivity contribution in [2.45, 2.75) is 43.7 Å². The second-order valence-electron chi connectivity index (χ2n) is 5.50. The summed E-state index contributed by atoms with van der Waals surface area (Å²) in [7, 11) is 1.39. The van der Waals surface area contributed by atoms with E-state index in [1.165, 1.54) is 7.11 Å². The van der Waals surface area contributed by atoms with Gasteiger partial charge in [0.25, 0.3) is 5.91 Å². The van der Waals surface area contributed by atoms with Gasteiger partial charge in [-0.3, -0.25) is 9.78 Å². The van der Waals surface area contributed by atoms with Crippen LogP contribution in [0.1, 0.15) is 42.6 Å². The lowest BCUT2D eigenvalue weighted by atomic mass is 9.88. The van der Waals surface area contributed by atoms with Crippen LogP contribution in [0.4, 0.5) is 0 Å². The highest BCUT2D eigenvalue weighted by Gasteiger charge is 2.56. The van der Waals surface area contributed by atoms with Crippen molar-refractivity contribution >= 4 is 11.9 Å². The Bertz CT molecular complexity index is 527. The number of hydrogen-bond acceptors (Lipinski definition) is 4. The minimum atomic E-state index is -0.772. The molecule has 1 amide bonds. The third-order valence-corrected chi connectivity index (χ3v) is 4.51. The van der Waals surface area contributed by atoms with E-state index in [0.29, 0.717) is 18.5 Å². The van der Waals surface area contributed by atoms with Gasteiger partial charge >= 0.3 is 5.97 Å². The van der Waals surface area contributed by atoms with Crippen LogP contribution in [0.25, 0.3) is 0 Å². The number of carbonyl (C=O) groups is 2. The second-order valence-corrected chi connectivity index (χ2v) is 5.50. The molecule has 2 bridgehead atoms. The number of hydrogen-bond donors (Lipinski definition) is 0. The second kappa shape index (κ2) is 4.89. The van der Waals surface area contributed by atoms with Crippen LogP contribution in [0.5, 0.6) is 0 Å². The fourth-order valence-electron chi connectivity index (χ4n) is 3.62. The number of methoxy groups -OCH3 is 1. The molecule has 0 N–H and O–H groups in total. The summed E-state index contributed by atoms with van der Waals surface area (Å²) in [5.74, 6) is -0.442. The van der Waals surface area contributed by atoms with Crippen molar-refractivity contribution in [1.29, 1.82) is 0 Å². The maximum Gasteiger partial charge on any atom is 0.331 e. The molecule has 5 heteroatoms. The highest BCUT2D eigenvalue weighted by molar-refractivity contribution is 5.97. The van der Waals surface area contributed by atoms with Crippen LogP contribution >= 0.6 is 0 Å². The van der Waals surface area contributed by atoms with Crippen LogP contribution in [0.2, 0.25) is 0 Å². The van der Waals surface area contributed by atoms with Crippen LogP contribution in [-0.2, 0) is 9.53 Å². The van der Waals surface area contributed by atoms with Gasteiger partial charge in [0.2, 0.25) is 0 Å². The number of pyridine rings is 1. The molecule has 0 aromatic carbocycles. The predicted molar refractivity (Wildman–Crippen MR) is 72.0 cm³/mol. The number of esters is 1. The number of ether oxygens (including phenoxy) is 1. The molecule has 0 spiro atoms. The Hall–Kier alpha value is -1.91. The van der Waals surface area contributed by atoms with Gasteiger partial charge in [0.1, 0.15) is 11.2 Å². The summed E-state index contributed by atoms with van der Waals surface area (Å²) in [5.41, 5.74) is -0.374. The molecule has 2 aliphatic heterocycles.